The fraction of sp³-hybridized carbons (Fsp3) is 0.294. The van der Waals surface area contributed by atoms with Gasteiger partial charge in [0.15, 0.2) is 11.5 Å². The quantitative estimate of drug-likeness (QED) is 0.911. The lowest BCUT2D eigenvalue weighted by atomic mass is 9.93. The fourth-order valence-electron chi connectivity index (χ4n) is 2.54. The summed E-state index contributed by atoms with van der Waals surface area (Å²) in [6, 6.07) is 12.0. The second-order valence-electron chi connectivity index (χ2n) is 5.17. The first-order valence-corrected chi connectivity index (χ1v) is 6.88. The summed E-state index contributed by atoms with van der Waals surface area (Å²) in [6.45, 7) is 5.42. The van der Waals surface area contributed by atoms with Crippen LogP contribution < -0.4 is 15.2 Å². The summed E-state index contributed by atoms with van der Waals surface area (Å²) in [5.74, 6) is 1.59. The number of nitrogens with two attached hydrogens (primary N) is 1. The van der Waals surface area contributed by atoms with Crippen LogP contribution in [0.15, 0.2) is 36.4 Å². The van der Waals surface area contributed by atoms with Crippen LogP contribution in [0.25, 0.3) is 0 Å². The van der Waals surface area contributed by atoms with Crippen molar-refractivity contribution in [1.82, 2.24) is 0 Å². The van der Waals surface area contributed by atoms with Crippen molar-refractivity contribution in [3.05, 3.63) is 58.7 Å². The number of rotatable bonds is 2. The maximum atomic E-state index is 6.42. The van der Waals surface area contributed by atoms with Crippen molar-refractivity contribution in [3.63, 3.8) is 0 Å². The Kier molecular flexibility index (Phi) is 3.36. The molecular formula is C17H19NO2. The monoisotopic (exact) mass is 269 g/mol. The highest BCUT2D eigenvalue weighted by atomic mass is 16.6. The third-order valence-electron chi connectivity index (χ3n) is 3.91. The SMILES string of the molecule is Cc1cccc(C(N)c2ccc3c(c2)OCCO3)c1C. The van der Waals surface area contributed by atoms with E-state index < -0.39 is 0 Å². The average Bonchev–Trinajstić information content (AvgIpc) is 2.49. The van der Waals surface area contributed by atoms with Crippen LogP contribution in [-0.4, -0.2) is 13.2 Å². The first-order valence-electron chi connectivity index (χ1n) is 6.88. The molecule has 3 rings (SSSR count). The van der Waals surface area contributed by atoms with Gasteiger partial charge in [0.2, 0.25) is 0 Å². The molecule has 0 fully saturated rings. The van der Waals surface area contributed by atoms with Gasteiger partial charge in [-0.3, -0.25) is 0 Å². The molecule has 3 nitrogen and oxygen atoms in total. The lowest BCUT2D eigenvalue weighted by Gasteiger charge is -2.21. The van der Waals surface area contributed by atoms with Crippen molar-refractivity contribution >= 4 is 0 Å². The molecular weight excluding hydrogens is 250 g/mol. The van der Waals surface area contributed by atoms with E-state index in [1.165, 1.54) is 11.1 Å². The van der Waals surface area contributed by atoms with Gasteiger partial charge in [-0.25, -0.2) is 0 Å². The van der Waals surface area contributed by atoms with Crippen LogP contribution in [0, 0.1) is 13.8 Å². The number of ether oxygens (including phenoxy) is 2. The molecule has 0 spiro atoms. The smallest absolute Gasteiger partial charge is 0.161 e. The highest BCUT2D eigenvalue weighted by Gasteiger charge is 2.17. The lowest BCUT2D eigenvalue weighted by Crippen LogP contribution is -2.17. The standard InChI is InChI=1S/C17H19NO2/c1-11-4-3-5-14(12(11)2)17(18)13-6-7-15-16(10-13)20-9-8-19-15/h3-7,10,17H,8-9,18H2,1-2H3. The van der Waals surface area contributed by atoms with Crippen LogP contribution in [-0.2, 0) is 0 Å². The van der Waals surface area contributed by atoms with Crippen molar-refractivity contribution in [1.29, 1.82) is 0 Å². The summed E-state index contributed by atoms with van der Waals surface area (Å²) < 4.78 is 11.2. The molecule has 1 heterocycles. The number of hydrogen-bond donors (Lipinski definition) is 1. The Bertz CT molecular complexity index is 637. The third-order valence-corrected chi connectivity index (χ3v) is 3.91. The van der Waals surface area contributed by atoms with Gasteiger partial charge in [0.05, 0.1) is 6.04 Å². The van der Waals surface area contributed by atoms with Crippen molar-refractivity contribution in [2.24, 2.45) is 5.73 Å². The van der Waals surface area contributed by atoms with E-state index in [1.807, 2.05) is 18.2 Å². The molecule has 0 saturated carbocycles. The summed E-state index contributed by atoms with van der Waals surface area (Å²) in [7, 11) is 0. The van der Waals surface area contributed by atoms with Crippen LogP contribution in [0.4, 0.5) is 0 Å². The highest BCUT2D eigenvalue weighted by Crippen LogP contribution is 2.34. The van der Waals surface area contributed by atoms with E-state index in [9.17, 15) is 0 Å². The second kappa shape index (κ2) is 5.17. The summed E-state index contributed by atoms with van der Waals surface area (Å²) >= 11 is 0. The van der Waals surface area contributed by atoms with Crippen LogP contribution in [0.2, 0.25) is 0 Å². The zero-order valence-corrected chi connectivity index (χ0v) is 11.8. The van der Waals surface area contributed by atoms with E-state index in [0.29, 0.717) is 13.2 Å². The molecule has 3 heteroatoms. The Morgan fingerprint density at radius 2 is 1.75 bits per heavy atom. The molecule has 0 amide bonds. The van der Waals surface area contributed by atoms with Crippen molar-refractivity contribution < 1.29 is 9.47 Å². The second-order valence-corrected chi connectivity index (χ2v) is 5.17. The molecule has 1 atom stereocenters. The Morgan fingerprint density at radius 3 is 2.55 bits per heavy atom. The maximum absolute atomic E-state index is 6.42. The number of aryl methyl sites for hydroxylation is 1. The molecule has 104 valence electrons. The summed E-state index contributed by atoms with van der Waals surface area (Å²) in [4.78, 5) is 0. The summed E-state index contributed by atoms with van der Waals surface area (Å²) in [6.07, 6.45) is 0. The molecule has 0 aliphatic carbocycles. The highest BCUT2D eigenvalue weighted by molar-refractivity contribution is 5.48. The van der Waals surface area contributed by atoms with E-state index in [-0.39, 0.29) is 6.04 Å². The molecule has 1 aliphatic rings. The van der Waals surface area contributed by atoms with Crippen LogP contribution >= 0.6 is 0 Å². The number of fused-ring (bicyclic) bond motifs is 1. The topological polar surface area (TPSA) is 44.5 Å². The van der Waals surface area contributed by atoms with E-state index in [4.69, 9.17) is 15.2 Å². The van der Waals surface area contributed by atoms with E-state index >= 15 is 0 Å². The van der Waals surface area contributed by atoms with Crippen molar-refractivity contribution in [3.8, 4) is 11.5 Å². The molecule has 2 aromatic rings. The molecule has 0 saturated heterocycles. The van der Waals surface area contributed by atoms with E-state index in [1.54, 1.807) is 0 Å². The zero-order chi connectivity index (χ0) is 14.1. The van der Waals surface area contributed by atoms with Crippen molar-refractivity contribution in [2.45, 2.75) is 19.9 Å². The first kappa shape index (κ1) is 13.0. The van der Waals surface area contributed by atoms with Gasteiger partial charge in [0.1, 0.15) is 13.2 Å². The predicted octanol–water partition coefficient (Wildman–Crippen LogP) is 3.12. The molecule has 0 radical (unpaired) electrons. The van der Waals surface area contributed by atoms with Gasteiger partial charge in [0.25, 0.3) is 0 Å². The van der Waals surface area contributed by atoms with Crippen LogP contribution in [0.1, 0.15) is 28.3 Å². The lowest BCUT2D eigenvalue weighted by molar-refractivity contribution is 0.171. The fourth-order valence-corrected chi connectivity index (χ4v) is 2.54. The Hall–Kier alpha value is -2.00. The normalized spacial score (nSPS) is 14.9. The van der Waals surface area contributed by atoms with Gasteiger partial charge in [-0.15, -0.1) is 0 Å². The van der Waals surface area contributed by atoms with Crippen LogP contribution in [0.3, 0.4) is 0 Å². The van der Waals surface area contributed by atoms with Gasteiger partial charge in [-0.05, 0) is 48.2 Å². The molecule has 1 unspecified atom stereocenters. The summed E-state index contributed by atoms with van der Waals surface area (Å²) in [5.41, 5.74) is 11.1. The van der Waals surface area contributed by atoms with Gasteiger partial charge in [0, 0.05) is 0 Å². The molecule has 1 aliphatic heterocycles. The summed E-state index contributed by atoms with van der Waals surface area (Å²) in [5, 5.41) is 0. The Balaban J connectivity index is 1.98. The van der Waals surface area contributed by atoms with Gasteiger partial charge < -0.3 is 15.2 Å². The van der Waals surface area contributed by atoms with Crippen molar-refractivity contribution in [2.75, 3.05) is 13.2 Å². The molecule has 2 N–H and O–H groups in total. The van der Waals surface area contributed by atoms with Gasteiger partial charge >= 0.3 is 0 Å². The minimum absolute atomic E-state index is 0.147. The maximum Gasteiger partial charge on any atom is 0.161 e. The van der Waals surface area contributed by atoms with Gasteiger partial charge in [-0.2, -0.15) is 0 Å². The largest absolute Gasteiger partial charge is 0.486 e. The first-order chi connectivity index (χ1) is 9.66. The molecule has 0 aromatic heterocycles. The Morgan fingerprint density at radius 1 is 1.00 bits per heavy atom. The molecule has 2 aromatic carbocycles. The molecule has 0 bridgehead atoms. The minimum Gasteiger partial charge on any atom is -0.486 e. The minimum atomic E-state index is -0.147. The van der Waals surface area contributed by atoms with E-state index in [0.717, 1.165) is 22.6 Å². The predicted molar refractivity (Wildman–Crippen MR) is 79.4 cm³/mol. The number of hydrogen-bond acceptors (Lipinski definition) is 3. The Labute approximate surface area is 119 Å². The number of benzene rings is 2. The third kappa shape index (κ3) is 2.25. The van der Waals surface area contributed by atoms with Gasteiger partial charge in [-0.1, -0.05) is 24.3 Å². The van der Waals surface area contributed by atoms with Crippen LogP contribution in [0.5, 0.6) is 11.5 Å². The average molecular weight is 269 g/mol. The molecule has 20 heavy (non-hydrogen) atoms. The van der Waals surface area contributed by atoms with E-state index in [2.05, 4.69) is 32.0 Å². The zero-order valence-electron chi connectivity index (χ0n) is 11.8.